The Morgan fingerprint density at radius 1 is 1.32 bits per heavy atom. The van der Waals surface area contributed by atoms with Gasteiger partial charge in [-0.15, -0.1) is 0 Å². The zero-order chi connectivity index (χ0) is 13.8. The zero-order valence-corrected chi connectivity index (χ0v) is 10.9. The Bertz CT molecular complexity index is 578. The fourth-order valence-corrected chi connectivity index (χ4v) is 2.65. The number of amides is 2. The molecule has 2 aromatic rings. The van der Waals surface area contributed by atoms with Gasteiger partial charge in [0.25, 0.3) is 0 Å². The fraction of sp³-hybridized carbons (Fsp3) is 0.250. The highest BCUT2D eigenvalue weighted by molar-refractivity contribution is 7.99. The SMILES string of the molecule is NC(=O)CC(CSc1nc2ccccc2[nH]1)C(N)=O. The molecule has 0 bridgehead atoms. The molecule has 0 saturated carbocycles. The summed E-state index contributed by atoms with van der Waals surface area (Å²) in [6, 6.07) is 7.62. The van der Waals surface area contributed by atoms with Crippen LogP contribution in [0, 0.1) is 5.92 Å². The van der Waals surface area contributed by atoms with E-state index in [9.17, 15) is 9.59 Å². The molecule has 5 N–H and O–H groups in total. The number of nitrogens with two attached hydrogens (primary N) is 2. The van der Waals surface area contributed by atoms with E-state index in [2.05, 4.69) is 9.97 Å². The van der Waals surface area contributed by atoms with Gasteiger partial charge in [0, 0.05) is 12.2 Å². The summed E-state index contributed by atoms with van der Waals surface area (Å²) in [7, 11) is 0. The highest BCUT2D eigenvalue weighted by Gasteiger charge is 2.19. The van der Waals surface area contributed by atoms with Gasteiger partial charge in [-0.3, -0.25) is 9.59 Å². The van der Waals surface area contributed by atoms with E-state index in [-0.39, 0.29) is 6.42 Å². The van der Waals surface area contributed by atoms with Gasteiger partial charge in [-0.1, -0.05) is 23.9 Å². The Kier molecular flexibility index (Phi) is 4.06. The van der Waals surface area contributed by atoms with Gasteiger partial charge in [0.1, 0.15) is 0 Å². The number of aromatic nitrogens is 2. The van der Waals surface area contributed by atoms with Crippen molar-refractivity contribution in [2.75, 3.05) is 5.75 Å². The molecule has 1 heterocycles. The number of rotatable bonds is 6. The number of aromatic amines is 1. The molecule has 0 aliphatic heterocycles. The van der Waals surface area contributed by atoms with E-state index in [0.717, 1.165) is 11.0 Å². The molecule has 6 nitrogen and oxygen atoms in total. The van der Waals surface area contributed by atoms with Crippen molar-refractivity contribution in [3.8, 4) is 0 Å². The first kappa shape index (κ1) is 13.4. The Morgan fingerprint density at radius 2 is 2.05 bits per heavy atom. The third-order valence-electron chi connectivity index (χ3n) is 2.64. The van der Waals surface area contributed by atoms with Crippen LogP contribution in [0.1, 0.15) is 6.42 Å². The lowest BCUT2D eigenvalue weighted by Crippen LogP contribution is -2.29. The molecule has 19 heavy (non-hydrogen) atoms. The summed E-state index contributed by atoms with van der Waals surface area (Å²) in [4.78, 5) is 29.5. The first-order chi connectivity index (χ1) is 9.06. The summed E-state index contributed by atoms with van der Waals surface area (Å²) < 4.78 is 0. The molecule has 2 amide bonds. The van der Waals surface area contributed by atoms with Gasteiger partial charge in [-0.2, -0.15) is 0 Å². The molecule has 1 aromatic heterocycles. The van der Waals surface area contributed by atoms with E-state index in [1.54, 1.807) is 0 Å². The third kappa shape index (κ3) is 3.47. The van der Waals surface area contributed by atoms with Crippen molar-refractivity contribution in [2.45, 2.75) is 11.6 Å². The number of primary amides is 2. The van der Waals surface area contributed by atoms with Gasteiger partial charge in [0.05, 0.1) is 17.0 Å². The number of hydrogen-bond donors (Lipinski definition) is 3. The Hall–Kier alpha value is -2.02. The van der Waals surface area contributed by atoms with Crippen LogP contribution in [0.4, 0.5) is 0 Å². The predicted molar refractivity (Wildman–Crippen MR) is 73.3 cm³/mol. The Labute approximate surface area is 113 Å². The maximum atomic E-state index is 11.2. The number of hydrogen-bond acceptors (Lipinski definition) is 4. The van der Waals surface area contributed by atoms with Crippen LogP contribution >= 0.6 is 11.8 Å². The standard InChI is InChI=1S/C12H14N4O2S/c13-10(17)5-7(11(14)18)6-19-12-15-8-3-1-2-4-9(8)16-12/h1-4,7H,5-6H2,(H2,13,17)(H2,14,18)(H,15,16). The molecule has 0 aliphatic rings. The molecule has 0 spiro atoms. The number of benzene rings is 1. The molecular weight excluding hydrogens is 264 g/mol. The van der Waals surface area contributed by atoms with Crippen LogP contribution in [0.3, 0.4) is 0 Å². The first-order valence-electron chi connectivity index (χ1n) is 5.71. The number of imidazole rings is 1. The normalized spacial score (nSPS) is 12.4. The van der Waals surface area contributed by atoms with Gasteiger partial charge in [0.15, 0.2) is 5.16 Å². The summed E-state index contributed by atoms with van der Waals surface area (Å²) in [5.41, 5.74) is 12.1. The van der Waals surface area contributed by atoms with Crippen molar-refractivity contribution >= 4 is 34.6 Å². The molecule has 0 saturated heterocycles. The summed E-state index contributed by atoms with van der Waals surface area (Å²) in [6.45, 7) is 0. The number of nitrogens with one attached hydrogen (secondary N) is 1. The Morgan fingerprint density at radius 3 is 2.68 bits per heavy atom. The monoisotopic (exact) mass is 278 g/mol. The van der Waals surface area contributed by atoms with E-state index in [0.29, 0.717) is 10.9 Å². The number of carbonyl (C=O) groups excluding carboxylic acids is 2. The summed E-state index contributed by atoms with van der Waals surface area (Å²) >= 11 is 1.35. The smallest absolute Gasteiger partial charge is 0.221 e. The van der Waals surface area contributed by atoms with Gasteiger partial charge in [-0.25, -0.2) is 4.98 Å². The number of thioether (sulfide) groups is 1. The van der Waals surface area contributed by atoms with Crippen molar-refractivity contribution < 1.29 is 9.59 Å². The van der Waals surface area contributed by atoms with E-state index >= 15 is 0 Å². The summed E-state index contributed by atoms with van der Waals surface area (Å²) in [6.07, 6.45) is -0.0391. The first-order valence-corrected chi connectivity index (χ1v) is 6.70. The quantitative estimate of drug-likeness (QED) is 0.672. The molecular formula is C12H14N4O2S. The lowest BCUT2D eigenvalue weighted by atomic mass is 10.1. The van der Waals surface area contributed by atoms with Crippen LogP contribution in [0.5, 0.6) is 0 Å². The van der Waals surface area contributed by atoms with Crippen LogP contribution in [0.25, 0.3) is 11.0 Å². The second-order valence-corrected chi connectivity index (χ2v) is 5.15. The fourth-order valence-electron chi connectivity index (χ4n) is 1.66. The van der Waals surface area contributed by atoms with Crippen LogP contribution in [0.2, 0.25) is 0 Å². The van der Waals surface area contributed by atoms with Crippen molar-refractivity contribution in [3.05, 3.63) is 24.3 Å². The minimum atomic E-state index is -0.573. The molecule has 0 aliphatic carbocycles. The topological polar surface area (TPSA) is 115 Å². The largest absolute Gasteiger partial charge is 0.370 e. The number of nitrogens with zero attached hydrogens (tertiary/aromatic N) is 1. The second-order valence-electron chi connectivity index (χ2n) is 4.14. The maximum Gasteiger partial charge on any atom is 0.221 e. The summed E-state index contributed by atoms with van der Waals surface area (Å²) in [5, 5.41) is 0.692. The average molecular weight is 278 g/mol. The molecule has 1 aromatic carbocycles. The van der Waals surface area contributed by atoms with Crippen LogP contribution in [-0.4, -0.2) is 27.5 Å². The van der Waals surface area contributed by atoms with Crippen molar-refractivity contribution in [3.63, 3.8) is 0 Å². The van der Waals surface area contributed by atoms with Crippen molar-refractivity contribution in [1.82, 2.24) is 9.97 Å². The lowest BCUT2D eigenvalue weighted by molar-refractivity contribution is -0.126. The molecule has 1 unspecified atom stereocenters. The minimum absolute atomic E-state index is 0.0391. The van der Waals surface area contributed by atoms with Crippen LogP contribution < -0.4 is 11.5 Å². The van der Waals surface area contributed by atoms with Gasteiger partial charge >= 0.3 is 0 Å². The van der Waals surface area contributed by atoms with E-state index < -0.39 is 17.7 Å². The maximum absolute atomic E-state index is 11.2. The minimum Gasteiger partial charge on any atom is -0.370 e. The van der Waals surface area contributed by atoms with Crippen LogP contribution in [-0.2, 0) is 9.59 Å². The number of para-hydroxylation sites is 2. The van der Waals surface area contributed by atoms with E-state index in [1.807, 2.05) is 24.3 Å². The number of H-pyrrole nitrogens is 1. The van der Waals surface area contributed by atoms with Crippen molar-refractivity contribution in [2.24, 2.45) is 17.4 Å². The number of carbonyl (C=O) groups is 2. The molecule has 100 valence electrons. The molecule has 0 radical (unpaired) electrons. The average Bonchev–Trinajstić information content (AvgIpc) is 2.76. The third-order valence-corrected chi connectivity index (χ3v) is 3.67. The highest BCUT2D eigenvalue weighted by Crippen LogP contribution is 2.22. The highest BCUT2D eigenvalue weighted by atomic mass is 32.2. The van der Waals surface area contributed by atoms with Gasteiger partial charge in [-0.05, 0) is 12.1 Å². The van der Waals surface area contributed by atoms with Gasteiger partial charge in [0.2, 0.25) is 11.8 Å². The Balaban J connectivity index is 2.03. The summed E-state index contributed by atoms with van der Waals surface area (Å²) in [5.74, 6) is -1.26. The lowest BCUT2D eigenvalue weighted by Gasteiger charge is -2.09. The second kappa shape index (κ2) is 5.75. The van der Waals surface area contributed by atoms with Crippen LogP contribution in [0.15, 0.2) is 29.4 Å². The van der Waals surface area contributed by atoms with Crippen molar-refractivity contribution in [1.29, 1.82) is 0 Å². The molecule has 1 atom stereocenters. The predicted octanol–water partition coefficient (Wildman–Crippen LogP) is 0.632. The molecule has 7 heteroatoms. The zero-order valence-electron chi connectivity index (χ0n) is 10.1. The van der Waals surface area contributed by atoms with Gasteiger partial charge < -0.3 is 16.5 Å². The van der Waals surface area contributed by atoms with E-state index in [1.165, 1.54) is 11.8 Å². The molecule has 2 rings (SSSR count). The molecule has 0 fully saturated rings. The van der Waals surface area contributed by atoms with E-state index in [4.69, 9.17) is 11.5 Å². The number of fused-ring (bicyclic) bond motifs is 1.